The lowest BCUT2D eigenvalue weighted by atomic mass is 9.75. The Morgan fingerprint density at radius 3 is 2.87 bits per heavy atom. The Morgan fingerprint density at radius 1 is 1.09 bits per heavy atom. The molecule has 0 radical (unpaired) electrons. The van der Waals surface area contributed by atoms with Gasteiger partial charge in [-0.2, -0.15) is 0 Å². The molecule has 1 aromatic carbocycles. The third kappa shape index (κ3) is 1.85. The predicted molar refractivity (Wildman–Crippen MR) is 99.3 cm³/mol. The largest absolute Gasteiger partial charge is 0.251 e. The topological polar surface area (TPSA) is 12.9 Å². The Morgan fingerprint density at radius 2 is 1.96 bits per heavy atom. The zero-order chi connectivity index (χ0) is 15.6. The number of pyridine rings is 1. The highest BCUT2D eigenvalue weighted by Crippen LogP contribution is 2.50. The summed E-state index contributed by atoms with van der Waals surface area (Å²) >= 11 is 1.88. The highest BCUT2D eigenvalue weighted by molar-refractivity contribution is 7.99. The third-order valence-electron chi connectivity index (χ3n) is 4.87. The van der Waals surface area contributed by atoms with Gasteiger partial charge in [-0.3, -0.25) is 4.98 Å². The average Bonchev–Trinajstić information content (AvgIpc) is 2.92. The van der Waals surface area contributed by atoms with Crippen molar-refractivity contribution in [2.24, 2.45) is 0 Å². The van der Waals surface area contributed by atoms with Crippen molar-refractivity contribution in [3.63, 3.8) is 0 Å². The fourth-order valence-corrected chi connectivity index (χ4v) is 4.63. The lowest BCUT2D eigenvalue weighted by Gasteiger charge is -2.31. The minimum absolute atomic E-state index is 0.0511. The summed E-state index contributed by atoms with van der Waals surface area (Å²) in [7, 11) is 0. The van der Waals surface area contributed by atoms with E-state index in [9.17, 15) is 0 Å². The van der Waals surface area contributed by atoms with Gasteiger partial charge < -0.3 is 0 Å². The van der Waals surface area contributed by atoms with Crippen molar-refractivity contribution in [2.75, 3.05) is 5.75 Å². The molecule has 0 saturated heterocycles. The maximum Gasteiger partial charge on any atom is 0.0766 e. The quantitative estimate of drug-likeness (QED) is 0.643. The van der Waals surface area contributed by atoms with Gasteiger partial charge in [0.15, 0.2) is 0 Å². The average molecular weight is 315 g/mol. The van der Waals surface area contributed by atoms with E-state index in [1.807, 2.05) is 11.8 Å². The van der Waals surface area contributed by atoms with Crippen LogP contribution >= 0.6 is 11.8 Å². The van der Waals surface area contributed by atoms with Crippen molar-refractivity contribution in [1.29, 1.82) is 0 Å². The standard InChI is InChI=1S/C21H17NS/c1-21(2)12-17-14-7-4-3-6-13(14)10-15(17)16-11-19-18(22-20(16)21)8-5-9-23-19/h3-8,10-12H,9H2,1-2H3. The number of aromatic nitrogens is 1. The molecule has 1 aliphatic heterocycles. The summed E-state index contributed by atoms with van der Waals surface area (Å²) < 4.78 is 0. The van der Waals surface area contributed by atoms with Gasteiger partial charge in [-0.25, -0.2) is 0 Å². The zero-order valence-corrected chi connectivity index (χ0v) is 14.1. The lowest BCUT2D eigenvalue weighted by molar-refractivity contribution is 0.636. The molecule has 0 saturated carbocycles. The van der Waals surface area contributed by atoms with Gasteiger partial charge in [-0.1, -0.05) is 50.3 Å². The molecule has 0 amide bonds. The molecule has 112 valence electrons. The highest BCUT2D eigenvalue weighted by atomic mass is 32.2. The van der Waals surface area contributed by atoms with Crippen LogP contribution in [0.25, 0.3) is 23.3 Å². The van der Waals surface area contributed by atoms with Crippen LogP contribution in [-0.2, 0) is 5.41 Å². The first-order valence-electron chi connectivity index (χ1n) is 8.03. The van der Waals surface area contributed by atoms with E-state index in [1.165, 1.54) is 38.4 Å². The van der Waals surface area contributed by atoms with E-state index in [-0.39, 0.29) is 5.41 Å². The molecule has 0 N–H and O–H groups in total. The minimum Gasteiger partial charge on any atom is -0.251 e. The first kappa shape index (κ1) is 13.4. The molecule has 0 spiro atoms. The summed E-state index contributed by atoms with van der Waals surface area (Å²) in [6.45, 7) is 4.55. The van der Waals surface area contributed by atoms with Crippen LogP contribution in [0.15, 0.2) is 47.4 Å². The predicted octanol–water partition coefficient (Wildman–Crippen LogP) is 5.43. The number of allylic oxidation sites excluding steroid dienone is 3. The molecule has 0 unspecified atom stereocenters. The van der Waals surface area contributed by atoms with E-state index in [0.29, 0.717) is 0 Å². The second-order valence-corrected chi connectivity index (χ2v) is 7.97. The lowest BCUT2D eigenvalue weighted by Crippen LogP contribution is -2.23. The smallest absolute Gasteiger partial charge is 0.0766 e. The highest BCUT2D eigenvalue weighted by Gasteiger charge is 2.35. The maximum absolute atomic E-state index is 5.04. The number of hydrogen-bond acceptors (Lipinski definition) is 2. The molecule has 1 nitrogen and oxygen atoms in total. The Hall–Kier alpha value is -2.06. The van der Waals surface area contributed by atoms with Crippen LogP contribution in [0.3, 0.4) is 0 Å². The van der Waals surface area contributed by atoms with Crippen molar-refractivity contribution in [2.45, 2.75) is 24.2 Å². The van der Waals surface area contributed by atoms with Gasteiger partial charge in [0.05, 0.1) is 11.4 Å². The van der Waals surface area contributed by atoms with Crippen LogP contribution < -0.4 is 0 Å². The maximum atomic E-state index is 5.04. The van der Waals surface area contributed by atoms with E-state index < -0.39 is 0 Å². The van der Waals surface area contributed by atoms with Gasteiger partial charge in [-0.05, 0) is 40.5 Å². The molecule has 2 aromatic rings. The fourth-order valence-electron chi connectivity index (χ4n) is 3.79. The number of nitrogens with zero attached hydrogens (tertiary/aromatic N) is 1. The number of thioether (sulfide) groups is 1. The Bertz CT molecular complexity index is 944. The van der Waals surface area contributed by atoms with Crippen molar-refractivity contribution in [3.8, 4) is 0 Å². The van der Waals surface area contributed by atoms with E-state index >= 15 is 0 Å². The molecule has 0 fully saturated rings. The van der Waals surface area contributed by atoms with Gasteiger partial charge in [-0.15, -0.1) is 11.8 Å². The van der Waals surface area contributed by atoms with Gasteiger partial charge >= 0.3 is 0 Å². The summed E-state index contributed by atoms with van der Waals surface area (Å²) in [5.74, 6) is 1.04. The van der Waals surface area contributed by atoms with E-state index in [4.69, 9.17) is 4.98 Å². The fraction of sp³-hybridized carbons (Fsp3) is 0.190. The summed E-state index contributed by atoms with van der Waals surface area (Å²) in [5, 5.41) is 0. The second-order valence-electron chi connectivity index (χ2n) is 6.91. The summed E-state index contributed by atoms with van der Waals surface area (Å²) in [5.41, 5.74) is 8.97. The van der Waals surface area contributed by atoms with Crippen LogP contribution in [0.5, 0.6) is 0 Å². The molecule has 5 rings (SSSR count). The summed E-state index contributed by atoms with van der Waals surface area (Å²) in [4.78, 5) is 6.34. The van der Waals surface area contributed by atoms with Crippen molar-refractivity contribution >= 4 is 35.1 Å². The van der Waals surface area contributed by atoms with E-state index in [1.54, 1.807) is 0 Å². The molecule has 2 heterocycles. The monoisotopic (exact) mass is 315 g/mol. The molecule has 23 heavy (non-hydrogen) atoms. The number of rotatable bonds is 0. The Balaban J connectivity index is 1.81. The van der Waals surface area contributed by atoms with Crippen LogP contribution in [0.4, 0.5) is 0 Å². The molecule has 1 aromatic heterocycles. The zero-order valence-electron chi connectivity index (χ0n) is 13.3. The molecule has 2 heteroatoms. The molecule has 3 aliphatic rings. The Labute approximate surface area is 140 Å². The number of fused-ring (bicyclic) bond motifs is 6. The van der Waals surface area contributed by atoms with Gasteiger partial charge in [0.1, 0.15) is 0 Å². The molecule has 0 atom stereocenters. The first-order chi connectivity index (χ1) is 11.1. The molecular weight excluding hydrogens is 298 g/mol. The summed E-state index contributed by atoms with van der Waals surface area (Å²) in [6, 6.07) is 11.0. The minimum atomic E-state index is -0.0511. The number of hydrogen-bond donors (Lipinski definition) is 0. The van der Waals surface area contributed by atoms with Crippen LogP contribution in [-0.4, -0.2) is 10.7 Å². The SMILES string of the molecule is CC1(C)C=C2C(=Cc3ccccc32)c2cc3c(nc21)C=CCS3. The van der Waals surface area contributed by atoms with Crippen LogP contribution in [0, 0.1) is 0 Å². The third-order valence-corrected chi connectivity index (χ3v) is 5.87. The second kappa shape index (κ2) is 4.48. The van der Waals surface area contributed by atoms with Crippen molar-refractivity contribution in [3.05, 3.63) is 70.6 Å². The molecule has 0 bridgehead atoms. The first-order valence-corrected chi connectivity index (χ1v) is 9.02. The normalized spacial score (nSPS) is 19.2. The van der Waals surface area contributed by atoms with Crippen LogP contribution in [0.2, 0.25) is 0 Å². The van der Waals surface area contributed by atoms with E-state index in [2.05, 4.69) is 68.5 Å². The van der Waals surface area contributed by atoms with Crippen molar-refractivity contribution in [1.82, 2.24) is 4.98 Å². The van der Waals surface area contributed by atoms with Crippen LogP contribution in [0.1, 0.15) is 41.9 Å². The van der Waals surface area contributed by atoms with E-state index in [0.717, 1.165) is 11.4 Å². The van der Waals surface area contributed by atoms with Gasteiger partial charge in [0, 0.05) is 21.6 Å². The summed E-state index contributed by atoms with van der Waals surface area (Å²) in [6.07, 6.45) is 9.09. The Kier molecular flexibility index (Phi) is 2.61. The number of benzene rings is 1. The van der Waals surface area contributed by atoms with Gasteiger partial charge in [0.25, 0.3) is 0 Å². The molecule has 2 aliphatic carbocycles. The van der Waals surface area contributed by atoms with Crippen molar-refractivity contribution < 1.29 is 0 Å². The molecular formula is C21H17NS. The van der Waals surface area contributed by atoms with Gasteiger partial charge in [0.2, 0.25) is 0 Å².